The van der Waals surface area contributed by atoms with Crippen LogP contribution >= 0.6 is 11.6 Å². The summed E-state index contributed by atoms with van der Waals surface area (Å²) in [5, 5.41) is 117. The quantitative estimate of drug-likeness (QED) is 0.0363. The molecule has 8 heterocycles. The highest BCUT2D eigenvalue weighted by Gasteiger charge is 2.47. The number of rotatable bonds is 20. The summed E-state index contributed by atoms with van der Waals surface area (Å²) in [6.07, 6.45) is -12.7. The van der Waals surface area contributed by atoms with Crippen LogP contribution in [0.2, 0.25) is 5.02 Å². The van der Waals surface area contributed by atoms with Gasteiger partial charge in [0.05, 0.1) is 26.4 Å². The predicted octanol–water partition coefficient (Wildman–Crippen LogP) is -2.96. The molecule has 4 aromatic heterocycles. The Kier molecular flexibility index (Phi) is 27.3. The number of halogens is 1. The maximum Gasteiger partial charge on any atom is 0.333 e. The zero-order valence-corrected chi connectivity index (χ0v) is 57.6. The maximum atomic E-state index is 12.7. The number of benzene rings is 4. The predicted molar refractivity (Wildman–Crippen MR) is 372 cm³/mol. The van der Waals surface area contributed by atoms with Gasteiger partial charge in [-0.1, -0.05) is 114 Å². The fourth-order valence-electron chi connectivity index (χ4n) is 12.3. The van der Waals surface area contributed by atoms with E-state index in [9.17, 15) is 99.6 Å². The van der Waals surface area contributed by atoms with Gasteiger partial charge in [-0.25, -0.2) is 19.2 Å². The van der Waals surface area contributed by atoms with Crippen LogP contribution in [0.3, 0.4) is 0 Å². The van der Waals surface area contributed by atoms with Crippen LogP contribution in [0.25, 0.3) is 0 Å². The van der Waals surface area contributed by atoms with Crippen LogP contribution in [0.1, 0.15) is 63.9 Å². The fourth-order valence-corrected chi connectivity index (χ4v) is 12.6. The molecule has 0 bridgehead atoms. The molecule has 8 aromatic rings. The normalized spacial score (nSPS) is 25.5. The Morgan fingerprint density at radius 2 is 0.654 bits per heavy atom. The zero-order chi connectivity index (χ0) is 75.4. The molecular weight excluding hydrogens is 1380 g/mol. The van der Waals surface area contributed by atoms with E-state index in [0.29, 0.717) is 30.7 Å². The van der Waals surface area contributed by atoms with Crippen LogP contribution in [-0.4, -0.2) is 197 Å². The first-order valence-electron chi connectivity index (χ1n) is 33.4. The van der Waals surface area contributed by atoms with Gasteiger partial charge in [-0.15, -0.1) is 0 Å². The monoisotopic (exact) mass is 1470 g/mol. The van der Waals surface area contributed by atoms with Crippen molar-refractivity contribution in [3.63, 3.8) is 0 Å². The minimum absolute atomic E-state index is 0.0943. The third kappa shape index (κ3) is 18.1. The number of hydrogen-bond acceptors (Lipinski definition) is 24. The molecule has 32 nitrogen and oxygen atoms in total. The molecule has 4 saturated heterocycles. The molecule has 12 N–H and O–H groups in total. The summed E-state index contributed by atoms with van der Waals surface area (Å²) in [7, 11) is 0. The van der Waals surface area contributed by atoms with Gasteiger partial charge in [0.1, 0.15) is 73.2 Å². The zero-order valence-electron chi connectivity index (χ0n) is 56.8. The molecule has 0 radical (unpaired) electrons. The van der Waals surface area contributed by atoms with Crippen molar-refractivity contribution in [1.82, 2.24) is 36.5 Å². The van der Waals surface area contributed by atoms with E-state index >= 15 is 0 Å². The number of aliphatic hydroxyl groups excluding tert-OH is 12. The Labute approximate surface area is 596 Å². The molecule has 4 aromatic carbocycles. The van der Waals surface area contributed by atoms with Crippen molar-refractivity contribution < 1.29 is 80.2 Å². The summed E-state index contributed by atoms with van der Waals surface area (Å²) in [5.74, 6) is 0. The number of nitrogens with zero attached hydrogens (tertiary/aromatic N) is 8. The summed E-state index contributed by atoms with van der Waals surface area (Å²) in [4.78, 5) is 99.3. The highest BCUT2D eigenvalue weighted by molar-refractivity contribution is 6.31. The van der Waals surface area contributed by atoms with Gasteiger partial charge in [-0.3, -0.25) is 55.7 Å². The van der Waals surface area contributed by atoms with E-state index in [-0.39, 0.29) is 26.2 Å². The van der Waals surface area contributed by atoms with E-state index in [1.165, 1.54) is 49.1 Å². The minimum Gasteiger partial charge on any atom is -0.394 e. The lowest BCUT2D eigenvalue weighted by Crippen LogP contribution is -2.43. The molecule has 33 heteroatoms. The summed E-state index contributed by atoms with van der Waals surface area (Å²) in [5.41, 5.74) is 2.65. The maximum absolute atomic E-state index is 12.7. The Morgan fingerprint density at radius 1 is 0.337 bits per heavy atom. The molecule has 560 valence electrons. The average Bonchev–Trinajstić information content (AvgIpc) is 1.14. The van der Waals surface area contributed by atoms with Crippen molar-refractivity contribution in [2.45, 2.75) is 171 Å². The van der Waals surface area contributed by atoms with Gasteiger partial charge in [0.2, 0.25) is 0 Å². The Hall–Kier alpha value is -8.75. The molecule has 4 aliphatic rings. The first-order valence-corrected chi connectivity index (χ1v) is 33.8. The lowest BCUT2D eigenvalue weighted by atomic mass is 10.1. The Morgan fingerprint density at radius 3 is 0.981 bits per heavy atom. The summed E-state index contributed by atoms with van der Waals surface area (Å²) in [6, 6.07) is 35.2. The molecule has 4 fully saturated rings. The standard InChI is InChI=1S/3C18H22N2O6.C17H19ClN2O6/c1-11-2-4-12(5-3-11)6-8-19-14(22)7-9-20(18(19)25)17-16(24)15(23)13(10-21)26-17;1-11-3-2-4-12(9-11)5-7-19-14(22)6-8-20(18(19)25)17-16(24)15(23)13(10-21)26-17;1-11-4-2-3-5-12(11)6-8-19-14(22)7-9-20(18(19)25)17-16(24)15(23)13(10-21)26-17;18-11-4-2-1-3-10(11)5-7-19-13(22)6-8-20(17(19)25)16-15(24)14(23)12(9-21)26-16/h2-5,7,9,13,15-17,21,23-24H,6,8,10H2,1H3;2-4,6,8-9,13,15-17,21,23-24H,5,7,10H2,1H3;2-5,7,9,13,15-17,21,23-24H,6,8,10H2,1H3;1-4,6,8,12,14-16,21,23-24H,5,7,9H2/t3*13-,15+,16?,17-;12-,14+,15?,16-/m1111/s1. The topological polar surface area (TPSA) is 456 Å². The highest BCUT2D eigenvalue weighted by Crippen LogP contribution is 2.31. The van der Waals surface area contributed by atoms with Crippen LogP contribution in [0.15, 0.2) is 184 Å². The third-order valence-electron chi connectivity index (χ3n) is 18.4. The molecule has 0 spiro atoms. The van der Waals surface area contributed by atoms with Crippen molar-refractivity contribution >= 4 is 11.6 Å². The molecule has 12 rings (SSSR count). The van der Waals surface area contributed by atoms with E-state index in [2.05, 4.69) is 0 Å². The number of aliphatic hydroxyl groups is 12. The fraction of sp³-hybridized carbons (Fsp3) is 0.437. The van der Waals surface area contributed by atoms with Gasteiger partial charge in [0, 0.05) is 80.3 Å². The van der Waals surface area contributed by atoms with Gasteiger partial charge < -0.3 is 80.2 Å². The summed E-state index contributed by atoms with van der Waals surface area (Å²) >= 11 is 6.10. The Balaban J connectivity index is 0.000000161. The number of hydrogen-bond donors (Lipinski definition) is 12. The second-order valence-electron chi connectivity index (χ2n) is 25.4. The molecular formula is C71H85ClN8O24. The van der Waals surface area contributed by atoms with E-state index < -0.39 is 170 Å². The van der Waals surface area contributed by atoms with Crippen molar-refractivity contribution in [1.29, 1.82) is 0 Å². The second kappa shape index (κ2) is 35.8. The first kappa shape index (κ1) is 79.4. The molecule has 4 unspecified atom stereocenters. The van der Waals surface area contributed by atoms with Gasteiger partial charge in [0.15, 0.2) is 24.9 Å². The van der Waals surface area contributed by atoms with Crippen molar-refractivity contribution in [3.8, 4) is 0 Å². The van der Waals surface area contributed by atoms with Crippen molar-refractivity contribution in [2.24, 2.45) is 0 Å². The molecule has 4 aliphatic heterocycles. The summed E-state index contributed by atoms with van der Waals surface area (Å²) in [6.45, 7) is 4.56. The smallest absolute Gasteiger partial charge is 0.333 e. The van der Waals surface area contributed by atoms with Gasteiger partial charge >= 0.3 is 22.8 Å². The van der Waals surface area contributed by atoms with Crippen LogP contribution in [0, 0.1) is 20.8 Å². The third-order valence-corrected chi connectivity index (χ3v) is 18.8. The van der Waals surface area contributed by atoms with Crippen LogP contribution in [0.4, 0.5) is 0 Å². The molecule has 0 aliphatic carbocycles. The van der Waals surface area contributed by atoms with E-state index in [1.807, 2.05) is 99.6 Å². The number of aromatic nitrogens is 8. The van der Waals surface area contributed by atoms with Crippen LogP contribution in [0.5, 0.6) is 0 Å². The second-order valence-corrected chi connectivity index (χ2v) is 25.8. The summed E-state index contributed by atoms with van der Waals surface area (Å²) < 4.78 is 29.9. The van der Waals surface area contributed by atoms with Gasteiger partial charge in [-0.2, -0.15) is 0 Å². The SMILES string of the molecule is Cc1ccc(CCn2c(=O)ccn([C@@H]3O[C@H](CO)[C@H](O)C3O)c2=O)cc1.Cc1cccc(CCn2c(=O)ccn([C@@H]3O[C@H](CO)[C@H](O)C3O)c2=O)c1.Cc1ccccc1CCn1c(=O)ccn([C@@H]2O[C@H](CO)[C@H](O)C2O)c1=O.O=c1ccn([C@@H]2O[C@H](CO)[C@H](O)C2O)c(=O)n1CCc1ccccc1Cl. The van der Waals surface area contributed by atoms with E-state index in [1.54, 1.807) is 18.2 Å². The van der Waals surface area contributed by atoms with E-state index in [0.717, 1.165) is 75.5 Å². The first-order chi connectivity index (χ1) is 49.7. The van der Waals surface area contributed by atoms with Gasteiger partial charge in [-0.05, 0) is 80.3 Å². The number of ether oxygens (including phenoxy) is 4. The van der Waals surface area contributed by atoms with Crippen LogP contribution in [-0.2, 0) is 70.8 Å². The van der Waals surface area contributed by atoms with E-state index in [4.69, 9.17) is 30.5 Å². The average molecular weight is 1470 g/mol. The molecule has 16 atom stereocenters. The molecule has 104 heavy (non-hydrogen) atoms. The highest BCUT2D eigenvalue weighted by atomic mass is 35.5. The minimum atomic E-state index is -1.40. The number of aryl methyl sites for hydroxylation is 7. The lowest BCUT2D eigenvalue weighted by molar-refractivity contribution is -0.0556. The van der Waals surface area contributed by atoms with Crippen molar-refractivity contribution in [3.05, 3.63) is 273 Å². The largest absolute Gasteiger partial charge is 0.394 e. The molecule has 0 amide bonds. The van der Waals surface area contributed by atoms with Gasteiger partial charge in [0.25, 0.3) is 22.2 Å². The van der Waals surface area contributed by atoms with Crippen LogP contribution < -0.4 is 45.0 Å². The lowest BCUT2D eigenvalue weighted by Gasteiger charge is -2.18. The van der Waals surface area contributed by atoms with Crippen molar-refractivity contribution in [2.75, 3.05) is 26.4 Å². The Bertz CT molecular complexity index is 4580. The molecule has 0 saturated carbocycles.